The first kappa shape index (κ1) is 15.1. The van der Waals surface area contributed by atoms with Crippen LogP contribution < -0.4 is 0 Å². The van der Waals surface area contributed by atoms with Gasteiger partial charge in [0.2, 0.25) is 0 Å². The van der Waals surface area contributed by atoms with E-state index in [0.717, 1.165) is 6.42 Å². The second-order valence-electron chi connectivity index (χ2n) is 6.68. The monoisotopic (exact) mass is 272 g/mol. The lowest BCUT2D eigenvalue weighted by molar-refractivity contribution is 0.477. The van der Waals surface area contributed by atoms with Crippen LogP contribution in [0.3, 0.4) is 0 Å². The molecule has 0 N–H and O–H groups in total. The summed E-state index contributed by atoms with van der Waals surface area (Å²) < 4.78 is 2.04. The summed E-state index contributed by atoms with van der Waals surface area (Å²) in [6.45, 7) is 11.5. The van der Waals surface area contributed by atoms with Gasteiger partial charge in [0.25, 0.3) is 0 Å². The number of hydrogen-bond donors (Lipinski definition) is 0. The third-order valence-electron chi connectivity index (χ3n) is 4.68. The van der Waals surface area contributed by atoms with Crippen molar-refractivity contribution in [3.05, 3.63) is 29.5 Å². The van der Waals surface area contributed by atoms with Crippen LogP contribution in [0, 0.1) is 0 Å². The summed E-state index contributed by atoms with van der Waals surface area (Å²) in [6.07, 6.45) is 5.63. The van der Waals surface area contributed by atoms with E-state index in [-0.39, 0.29) is 5.41 Å². The predicted octanol–water partition coefficient (Wildman–Crippen LogP) is 5.16. The van der Waals surface area contributed by atoms with Gasteiger partial charge in [-0.15, -0.1) is 0 Å². The van der Waals surface area contributed by atoms with Crippen LogP contribution in [0.2, 0.25) is 0 Å². The molecule has 1 aromatic carbocycles. The Balaban J connectivity index is 2.67. The number of benzene rings is 1. The lowest BCUT2D eigenvalue weighted by Crippen LogP contribution is -2.17. The van der Waals surface area contributed by atoms with Crippen LogP contribution >= 0.6 is 0 Å². The largest absolute Gasteiger partial charge is 0.268 e. The highest BCUT2D eigenvalue weighted by atomic mass is 15.2. The minimum absolute atomic E-state index is 0.212. The lowest BCUT2D eigenvalue weighted by atomic mass is 9.78. The van der Waals surface area contributed by atoms with Crippen molar-refractivity contribution >= 4 is 10.9 Å². The summed E-state index contributed by atoms with van der Waals surface area (Å²) in [4.78, 5) is 0. The Morgan fingerprint density at radius 3 is 2.55 bits per heavy atom. The van der Waals surface area contributed by atoms with Crippen molar-refractivity contribution in [1.29, 1.82) is 0 Å². The average molecular weight is 272 g/mol. The SMILES string of the molecule is CCCC(C)(C)c1ccc(C(C)CC)c2c1cnn2C. The Morgan fingerprint density at radius 2 is 1.95 bits per heavy atom. The van der Waals surface area contributed by atoms with Crippen LogP contribution in [-0.2, 0) is 12.5 Å². The van der Waals surface area contributed by atoms with Crippen molar-refractivity contribution in [2.45, 2.75) is 65.2 Å². The van der Waals surface area contributed by atoms with E-state index in [9.17, 15) is 0 Å². The Morgan fingerprint density at radius 1 is 1.25 bits per heavy atom. The molecule has 1 atom stereocenters. The fourth-order valence-electron chi connectivity index (χ4n) is 3.29. The average Bonchev–Trinajstić information content (AvgIpc) is 2.79. The van der Waals surface area contributed by atoms with Crippen molar-refractivity contribution in [2.75, 3.05) is 0 Å². The zero-order chi connectivity index (χ0) is 14.9. The molecule has 0 amide bonds. The van der Waals surface area contributed by atoms with Gasteiger partial charge in [0.05, 0.1) is 11.7 Å². The van der Waals surface area contributed by atoms with Crippen LogP contribution in [0.25, 0.3) is 10.9 Å². The molecule has 0 bridgehead atoms. The summed E-state index contributed by atoms with van der Waals surface area (Å²) in [6, 6.07) is 4.66. The molecular formula is C18H28N2. The molecule has 2 rings (SSSR count). The smallest absolute Gasteiger partial charge is 0.0716 e. The molecule has 20 heavy (non-hydrogen) atoms. The summed E-state index contributed by atoms with van der Waals surface area (Å²) in [7, 11) is 2.06. The van der Waals surface area contributed by atoms with E-state index in [2.05, 4.69) is 58.9 Å². The molecule has 0 spiro atoms. The van der Waals surface area contributed by atoms with Gasteiger partial charge in [-0.05, 0) is 35.3 Å². The van der Waals surface area contributed by atoms with E-state index in [4.69, 9.17) is 0 Å². The molecule has 2 aromatic rings. The molecule has 1 unspecified atom stereocenters. The number of fused-ring (bicyclic) bond motifs is 1. The second-order valence-corrected chi connectivity index (χ2v) is 6.68. The molecule has 1 heterocycles. The Bertz CT molecular complexity index is 593. The zero-order valence-electron chi connectivity index (χ0n) is 13.8. The fraction of sp³-hybridized carbons (Fsp3) is 0.611. The summed E-state index contributed by atoms with van der Waals surface area (Å²) >= 11 is 0. The van der Waals surface area contributed by atoms with Gasteiger partial charge in [0, 0.05) is 12.4 Å². The van der Waals surface area contributed by atoms with Gasteiger partial charge in [0.15, 0.2) is 0 Å². The number of aromatic nitrogens is 2. The van der Waals surface area contributed by atoms with Crippen molar-refractivity contribution in [3.63, 3.8) is 0 Å². The third kappa shape index (κ3) is 2.48. The second kappa shape index (κ2) is 5.59. The van der Waals surface area contributed by atoms with Crippen molar-refractivity contribution in [3.8, 4) is 0 Å². The molecule has 0 aliphatic carbocycles. The Hall–Kier alpha value is -1.31. The fourth-order valence-corrected chi connectivity index (χ4v) is 3.29. The topological polar surface area (TPSA) is 17.8 Å². The van der Waals surface area contributed by atoms with E-state index in [1.165, 1.54) is 34.9 Å². The molecule has 0 aliphatic heterocycles. The van der Waals surface area contributed by atoms with Gasteiger partial charge in [-0.1, -0.05) is 53.2 Å². The van der Waals surface area contributed by atoms with E-state index in [0.29, 0.717) is 5.92 Å². The maximum absolute atomic E-state index is 4.52. The van der Waals surface area contributed by atoms with Crippen LogP contribution in [0.1, 0.15) is 70.9 Å². The van der Waals surface area contributed by atoms with Crippen molar-refractivity contribution in [2.24, 2.45) is 7.05 Å². The van der Waals surface area contributed by atoms with Gasteiger partial charge in [0.1, 0.15) is 0 Å². The van der Waals surface area contributed by atoms with Crippen LogP contribution in [-0.4, -0.2) is 9.78 Å². The number of hydrogen-bond acceptors (Lipinski definition) is 1. The third-order valence-corrected chi connectivity index (χ3v) is 4.68. The predicted molar refractivity (Wildman–Crippen MR) is 87.4 cm³/mol. The zero-order valence-corrected chi connectivity index (χ0v) is 13.8. The van der Waals surface area contributed by atoms with Crippen LogP contribution in [0.15, 0.2) is 18.3 Å². The number of rotatable bonds is 5. The lowest BCUT2D eigenvalue weighted by Gasteiger charge is -2.26. The molecule has 0 saturated heterocycles. The first-order valence-electron chi connectivity index (χ1n) is 7.87. The molecule has 110 valence electrons. The Kier molecular flexibility index (Phi) is 4.22. The highest BCUT2D eigenvalue weighted by Gasteiger charge is 2.24. The molecule has 0 aliphatic rings. The van der Waals surface area contributed by atoms with E-state index >= 15 is 0 Å². The van der Waals surface area contributed by atoms with Gasteiger partial charge < -0.3 is 0 Å². The molecule has 2 nitrogen and oxygen atoms in total. The van der Waals surface area contributed by atoms with Gasteiger partial charge >= 0.3 is 0 Å². The highest BCUT2D eigenvalue weighted by Crippen LogP contribution is 2.37. The first-order valence-corrected chi connectivity index (χ1v) is 7.87. The number of nitrogens with zero attached hydrogens (tertiary/aromatic N) is 2. The minimum Gasteiger partial charge on any atom is -0.268 e. The summed E-state index contributed by atoms with van der Waals surface area (Å²) in [5, 5.41) is 5.86. The molecular weight excluding hydrogens is 244 g/mol. The first-order chi connectivity index (χ1) is 9.42. The van der Waals surface area contributed by atoms with E-state index in [1.54, 1.807) is 0 Å². The number of aryl methyl sites for hydroxylation is 1. The maximum atomic E-state index is 4.52. The Labute approximate surface area is 123 Å². The van der Waals surface area contributed by atoms with Crippen LogP contribution in [0.5, 0.6) is 0 Å². The minimum atomic E-state index is 0.212. The van der Waals surface area contributed by atoms with Gasteiger partial charge in [-0.3, -0.25) is 4.68 Å². The molecule has 0 saturated carbocycles. The maximum Gasteiger partial charge on any atom is 0.0716 e. The molecule has 1 aromatic heterocycles. The van der Waals surface area contributed by atoms with Crippen LogP contribution in [0.4, 0.5) is 0 Å². The standard InChI is InChI=1S/C18H28N2/c1-7-11-18(4,5)16-10-9-14(13(3)8-2)17-15(16)12-19-20(17)6/h9-10,12-13H,7-8,11H2,1-6H3. The normalized spacial score (nSPS) is 13.9. The van der Waals surface area contributed by atoms with E-state index < -0.39 is 0 Å². The van der Waals surface area contributed by atoms with Crippen molar-refractivity contribution in [1.82, 2.24) is 9.78 Å². The van der Waals surface area contributed by atoms with E-state index in [1.807, 2.05) is 10.9 Å². The summed E-state index contributed by atoms with van der Waals surface area (Å²) in [5.41, 5.74) is 4.40. The quantitative estimate of drug-likeness (QED) is 0.734. The highest BCUT2D eigenvalue weighted by molar-refractivity contribution is 5.86. The van der Waals surface area contributed by atoms with Gasteiger partial charge in [-0.25, -0.2) is 0 Å². The van der Waals surface area contributed by atoms with Crippen molar-refractivity contribution < 1.29 is 0 Å². The molecule has 0 radical (unpaired) electrons. The molecule has 0 fully saturated rings. The van der Waals surface area contributed by atoms with Gasteiger partial charge in [-0.2, -0.15) is 5.10 Å². The molecule has 2 heteroatoms. The summed E-state index contributed by atoms with van der Waals surface area (Å²) in [5.74, 6) is 0.580.